The second-order valence-corrected chi connectivity index (χ2v) is 6.24. The molecule has 0 bridgehead atoms. The Morgan fingerprint density at radius 2 is 1.96 bits per heavy atom. The predicted molar refractivity (Wildman–Crippen MR) is 119 cm³/mol. The molecule has 6 nitrogen and oxygen atoms in total. The monoisotopic (exact) mass is 479 g/mol. The highest BCUT2D eigenvalue weighted by Crippen LogP contribution is 2.18. The number of benzene rings is 1. The van der Waals surface area contributed by atoms with E-state index in [0.29, 0.717) is 19.0 Å². The zero-order valence-corrected chi connectivity index (χ0v) is 18.2. The Bertz CT molecular complexity index is 867. The summed E-state index contributed by atoms with van der Waals surface area (Å²) in [5, 5.41) is 6.55. The summed E-state index contributed by atoms with van der Waals surface area (Å²) in [5.41, 5.74) is 4.21. The average molecular weight is 479 g/mol. The number of hydrogen-bond donors (Lipinski definition) is 2. The van der Waals surface area contributed by atoms with Gasteiger partial charge in [-0.2, -0.15) is 0 Å². The molecule has 1 aromatic carbocycles. The standard InChI is InChI=1S/C20H25N5O.HI/c1-4-21-20(22-11-16-9-10-25(3)13-16)23-12-18-14-26-19(24-18)17-7-5-15(2)6-8-17;/h5-10,13-14H,4,11-12H2,1-3H3,(H2,21,22,23);1H. The molecule has 0 unspecified atom stereocenters. The molecule has 0 saturated heterocycles. The first kappa shape index (κ1) is 21.0. The van der Waals surface area contributed by atoms with Gasteiger partial charge in [0.05, 0.1) is 18.8 Å². The quantitative estimate of drug-likeness (QED) is 0.320. The van der Waals surface area contributed by atoms with Crippen molar-refractivity contribution in [1.29, 1.82) is 0 Å². The van der Waals surface area contributed by atoms with Gasteiger partial charge in [0.1, 0.15) is 6.26 Å². The molecule has 27 heavy (non-hydrogen) atoms. The molecule has 0 aliphatic heterocycles. The lowest BCUT2D eigenvalue weighted by molar-refractivity contribution is 0.572. The normalized spacial score (nSPS) is 11.1. The van der Waals surface area contributed by atoms with Crippen LogP contribution in [0.4, 0.5) is 0 Å². The van der Waals surface area contributed by atoms with Crippen molar-refractivity contribution >= 4 is 29.9 Å². The van der Waals surface area contributed by atoms with Crippen LogP contribution in [-0.2, 0) is 20.1 Å². The molecule has 3 aromatic rings. The summed E-state index contributed by atoms with van der Waals surface area (Å²) < 4.78 is 7.62. The summed E-state index contributed by atoms with van der Waals surface area (Å²) in [5.74, 6) is 1.39. The smallest absolute Gasteiger partial charge is 0.226 e. The Morgan fingerprint density at radius 3 is 2.63 bits per heavy atom. The van der Waals surface area contributed by atoms with Crippen LogP contribution in [-0.4, -0.2) is 22.1 Å². The van der Waals surface area contributed by atoms with Crippen LogP contribution in [0.1, 0.15) is 23.7 Å². The maximum atomic E-state index is 5.60. The van der Waals surface area contributed by atoms with Crippen molar-refractivity contribution in [2.45, 2.75) is 26.9 Å². The summed E-state index contributed by atoms with van der Waals surface area (Å²) in [6.45, 7) is 6.09. The molecule has 0 saturated carbocycles. The number of guanidine groups is 1. The molecule has 0 radical (unpaired) electrons. The van der Waals surface area contributed by atoms with Crippen molar-refractivity contribution in [3.8, 4) is 11.5 Å². The van der Waals surface area contributed by atoms with E-state index >= 15 is 0 Å². The van der Waals surface area contributed by atoms with Crippen LogP contribution in [0.25, 0.3) is 11.5 Å². The molecule has 3 rings (SSSR count). The van der Waals surface area contributed by atoms with Crippen molar-refractivity contribution in [2.75, 3.05) is 6.54 Å². The first-order valence-electron chi connectivity index (χ1n) is 8.78. The summed E-state index contributed by atoms with van der Waals surface area (Å²) in [7, 11) is 2.01. The fraction of sp³-hybridized carbons (Fsp3) is 0.300. The highest BCUT2D eigenvalue weighted by atomic mass is 127. The number of hydrogen-bond acceptors (Lipinski definition) is 3. The maximum absolute atomic E-state index is 5.60. The number of nitrogens with one attached hydrogen (secondary N) is 2. The Hall–Kier alpha value is -2.29. The van der Waals surface area contributed by atoms with Gasteiger partial charge in [-0.25, -0.2) is 9.98 Å². The van der Waals surface area contributed by atoms with E-state index in [1.807, 2.05) is 36.9 Å². The van der Waals surface area contributed by atoms with Crippen LogP contribution in [0.3, 0.4) is 0 Å². The van der Waals surface area contributed by atoms with Crippen LogP contribution in [0, 0.1) is 6.92 Å². The van der Waals surface area contributed by atoms with E-state index in [-0.39, 0.29) is 24.0 Å². The third kappa shape index (κ3) is 6.13. The van der Waals surface area contributed by atoms with E-state index in [9.17, 15) is 0 Å². The first-order chi connectivity index (χ1) is 12.6. The summed E-state index contributed by atoms with van der Waals surface area (Å²) in [4.78, 5) is 9.16. The van der Waals surface area contributed by atoms with Gasteiger partial charge in [-0.05, 0) is 37.6 Å². The van der Waals surface area contributed by atoms with Crippen LogP contribution in [0.5, 0.6) is 0 Å². The van der Waals surface area contributed by atoms with Crippen molar-refractivity contribution in [1.82, 2.24) is 20.2 Å². The second kappa shape index (κ2) is 10.1. The zero-order chi connectivity index (χ0) is 18.4. The van der Waals surface area contributed by atoms with Crippen LogP contribution < -0.4 is 10.6 Å². The average Bonchev–Trinajstić information content (AvgIpc) is 3.27. The summed E-state index contributed by atoms with van der Waals surface area (Å²) in [6, 6.07) is 10.2. The number of rotatable bonds is 6. The Balaban J connectivity index is 0.00000261. The minimum Gasteiger partial charge on any atom is -0.444 e. The fourth-order valence-electron chi connectivity index (χ4n) is 2.56. The molecule has 0 fully saturated rings. The third-order valence-corrected chi connectivity index (χ3v) is 3.94. The van der Waals surface area contributed by atoms with Gasteiger partial charge in [-0.1, -0.05) is 17.7 Å². The highest BCUT2D eigenvalue weighted by Gasteiger charge is 2.07. The van der Waals surface area contributed by atoms with Crippen LogP contribution >= 0.6 is 24.0 Å². The van der Waals surface area contributed by atoms with E-state index < -0.39 is 0 Å². The van der Waals surface area contributed by atoms with E-state index in [1.165, 1.54) is 11.1 Å². The molecule has 2 aromatic heterocycles. The van der Waals surface area contributed by atoms with Gasteiger partial charge >= 0.3 is 0 Å². The van der Waals surface area contributed by atoms with E-state index in [0.717, 1.165) is 23.8 Å². The van der Waals surface area contributed by atoms with Crippen molar-refractivity contribution in [3.63, 3.8) is 0 Å². The minimum atomic E-state index is 0. The number of aryl methyl sites for hydroxylation is 2. The summed E-state index contributed by atoms with van der Waals surface area (Å²) >= 11 is 0. The Kier molecular flexibility index (Phi) is 7.90. The fourth-order valence-corrected chi connectivity index (χ4v) is 2.56. The zero-order valence-electron chi connectivity index (χ0n) is 15.9. The van der Waals surface area contributed by atoms with Crippen LogP contribution in [0.15, 0.2) is 58.4 Å². The van der Waals surface area contributed by atoms with Crippen LogP contribution in [0.2, 0.25) is 0 Å². The van der Waals surface area contributed by atoms with Gasteiger partial charge in [0.25, 0.3) is 0 Å². The molecule has 0 aliphatic rings. The van der Waals surface area contributed by atoms with Gasteiger partial charge in [0, 0.05) is 31.5 Å². The molecule has 0 spiro atoms. The molecule has 0 amide bonds. The third-order valence-electron chi connectivity index (χ3n) is 3.94. The number of halogens is 1. The van der Waals surface area contributed by atoms with Gasteiger partial charge in [0.15, 0.2) is 5.96 Å². The topological polar surface area (TPSA) is 67.4 Å². The van der Waals surface area contributed by atoms with Crippen molar-refractivity contribution in [2.24, 2.45) is 12.0 Å². The number of oxazole rings is 1. The van der Waals surface area contributed by atoms with E-state index in [1.54, 1.807) is 6.26 Å². The van der Waals surface area contributed by atoms with Gasteiger partial charge in [-0.3, -0.25) is 0 Å². The largest absolute Gasteiger partial charge is 0.444 e. The molecular formula is C20H26IN5O. The minimum absolute atomic E-state index is 0. The van der Waals surface area contributed by atoms with E-state index in [4.69, 9.17) is 4.42 Å². The lowest BCUT2D eigenvalue weighted by atomic mass is 10.1. The molecule has 144 valence electrons. The summed E-state index contributed by atoms with van der Waals surface area (Å²) in [6.07, 6.45) is 5.77. The molecule has 2 heterocycles. The lowest BCUT2D eigenvalue weighted by Gasteiger charge is -2.09. The maximum Gasteiger partial charge on any atom is 0.226 e. The highest BCUT2D eigenvalue weighted by molar-refractivity contribution is 14.0. The molecular weight excluding hydrogens is 453 g/mol. The molecule has 7 heteroatoms. The number of nitrogens with zero attached hydrogens (tertiary/aromatic N) is 3. The van der Waals surface area contributed by atoms with Gasteiger partial charge in [-0.15, -0.1) is 24.0 Å². The molecule has 0 atom stereocenters. The second-order valence-electron chi connectivity index (χ2n) is 6.24. The number of aliphatic imine (C=N–C) groups is 1. The predicted octanol–water partition coefficient (Wildman–Crippen LogP) is 3.86. The molecule has 0 aliphatic carbocycles. The number of aromatic nitrogens is 2. The van der Waals surface area contributed by atoms with E-state index in [2.05, 4.69) is 51.9 Å². The van der Waals surface area contributed by atoms with Crippen molar-refractivity contribution in [3.05, 3.63) is 65.8 Å². The lowest BCUT2D eigenvalue weighted by Crippen LogP contribution is -2.36. The Labute approximate surface area is 177 Å². The molecule has 2 N–H and O–H groups in total. The van der Waals surface area contributed by atoms with Gasteiger partial charge < -0.3 is 19.6 Å². The SMILES string of the molecule is CCNC(=NCc1ccn(C)c1)NCc1coc(-c2ccc(C)cc2)n1.I. The first-order valence-corrected chi connectivity index (χ1v) is 8.78. The van der Waals surface area contributed by atoms with Gasteiger partial charge in [0.2, 0.25) is 5.89 Å². The van der Waals surface area contributed by atoms with Crippen molar-refractivity contribution < 1.29 is 4.42 Å². The Morgan fingerprint density at radius 1 is 1.19 bits per heavy atom.